The molecular formula is C18H21ClN4. The molecule has 4 rings (SSSR count). The van der Waals surface area contributed by atoms with E-state index < -0.39 is 0 Å². The minimum atomic E-state index is 0.674. The van der Waals surface area contributed by atoms with Crippen LogP contribution in [0.15, 0.2) is 36.4 Å². The number of aromatic nitrogens is 2. The molecule has 0 N–H and O–H groups in total. The van der Waals surface area contributed by atoms with E-state index in [4.69, 9.17) is 11.6 Å². The molecule has 1 saturated carbocycles. The molecule has 1 aliphatic carbocycles. The van der Waals surface area contributed by atoms with Crippen LogP contribution in [-0.2, 0) is 6.54 Å². The van der Waals surface area contributed by atoms with Crippen LogP contribution in [0.2, 0.25) is 5.02 Å². The second-order valence-electron chi connectivity index (χ2n) is 6.48. The van der Waals surface area contributed by atoms with Crippen LogP contribution < -0.4 is 4.90 Å². The summed E-state index contributed by atoms with van der Waals surface area (Å²) in [4.78, 5) is 4.81. The predicted octanol–water partition coefficient (Wildman–Crippen LogP) is 3.33. The van der Waals surface area contributed by atoms with Gasteiger partial charge in [-0.2, -0.15) is 5.10 Å². The summed E-state index contributed by atoms with van der Waals surface area (Å²) in [5, 5.41) is 9.62. The number of rotatable bonds is 4. The van der Waals surface area contributed by atoms with Crippen LogP contribution >= 0.6 is 11.6 Å². The van der Waals surface area contributed by atoms with Gasteiger partial charge in [-0.25, -0.2) is 0 Å². The summed E-state index contributed by atoms with van der Waals surface area (Å²) in [7, 11) is 0. The first-order chi connectivity index (χ1) is 11.3. The summed E-state index contributed by atoms with van der Waals surface area (Å²) in [6.45, 7) is 5.09. The van der Waals surface area contributed by atoms with Crippen LogP contribution in [0.4, 0.5) is 5.82 Å². The molecule has 0 spiro atoms. The molecule has 1 aromatic heterocycles. The van der Waals surface area contributed by atoms with Gasteiger partial charge in [-0.1, -0.05) is 23.7 Å². The first-order valence-corrected chi connectivity index (χ1v) is 8.71. The molecule has 2 fully saturated rings. The Balaban J connectivity index is 1.32. The van der Waals surface area contributed by atoms with Gasteiger partial charge in [0.05, 0.1) is 5.69 Å². The van der Waals surface area contributed by atoms with Gasteiger partial charge in [0.15, 0.2) is 5.82 Å². The number of benzene rings is 1. The zero-order valence-electron chi connectivity index (χ0n) is 13.2. The third kappa shape index (κ3) is 3.65. The number of anilines is 1. The van der Waals surface area contributed by atoms with E-state index in [1.807, 2.05) is 12.1 Å². The van der Waals surface area contributed by atoms with Crippen molar-refractivity contribution in [3.63, 3.8) is 0 Å². The van der Waals surface area contributed by atoms with Gasteiger partial charge in [-0.15, -0.1) is 5.10 Å². The van der Waals surface area contributed by atoms with Crippen molar-refractivity contribution in [2.75, 3.05) is 31.1 Å². The van der Waals surface area contributed by atoms with Gasteiger partial charge >= 0.3 is 0 Å². The van der Waals surface area contributed by atoms with Gasteiger partial charge in [0.1, 0.15) is 0 Å². The number of hydrogen-bond donors (Lipinski definition) is 0. The standard InChI is InChI=1S/C18H21ClN4/c19-16-5-1-14(2-6-16)13-22-9-11-23(12-10-22)18-8-7-17(20-21-18)15-3-4-15/h1-2,5-8,15H,3-4,9-13H2. The van der Waals surface area contributed by atoms with Gasteiger partial charge in [0.2, 0.25) is 0 Å². The highest BCUT2D eigenvalue weighted by atomic mass is 35.5. The van der Waals surface area contributed by atoms with Crippen molar-refractivity contribution in [3.8, 4) is 0 Å². The molecule has 4 nitrogen and oxygen atoms in total. The molecule has 1 saturated heterocycles. The van der Waals surface area contributed by atoms with Crippen molar-refractivity contribution in [1.29, 1.82) is 0 Å². The molecule has 2 aliphatic rings. The zero-order valence-corrected chi connectivity index (χ0v) is 13.9. The SMILES string of the molecule is Clc1ccc(CN2CCN(c3ccc(C4CC4)nn3)CC2)cc1. The third-order valence-corrected chi connectivity index (χ3v) is 4.93. The quantitative estimate of drug-likeness (QED) is 0.861. The molecule has 0 unspecified atom stereocenters. The zero-order chi connectivity index (χ0) is 15.6. The Morgan fingerprint density at radius 3 is 2.26 bits per heavy atom. The van der Waals surface area contributed by atoms with Gasteiger partial charge in [0, 0.05) is 43.7 Å². The molecule has 2 heterocycles. The Bertz CT molecular complexity index is 644. The van der Waals surface area contributed by atoms with Crippen LogP contribution in [0.5, 0.6) is 0 Å². The molecule has 120 valence electrons. The Hall–Kier alpha value is -1.65. The average molecular weight is 329 g/mol. The number of hydrogen-bond acceptors (Lipinski definition) is 4. The maximum atomic E-state index is 5.94. The van der Waals surface area contributed by atoms with E-state index >= 15 is 0 Å². The Labute approximate surface area is 142 Å². The fourth-order valence-electron chi connectivity index (χ4n) is 3.08. The molecule has 1 aromatic carbocycles. The summed E-state index contributed by atoms with van der Waals surface area (Å²) in [6.07, 6.45) is 2.55. The van der Waals surface area contributed by atoms with Crippen LogP contribution in [0.3, 0.4) is 0 Å². The number of piperazine rings is 1. The molecule has 0 atom stereocenters. The number of halogens is 1. The second-order valence-corrected chi connectivity index (χ2v) is 6.92. The second kappa shape index (κ2) is 6.46. The lowest BCUT2D eigenvalue weighted by atomic mass is 10.2. The Morgan fingerprint density at radius 2 is 1.65 bits per heavy atom. The van der Waals surface area contributed by atoms with E-state index in [1.165, 1.54) is 18.4 Å². The maximum absolute atomic E-state index is 5.94. The average Bonchev–Trinajstić information content (AvgIpc) is 3.43. The molecule has 5 heteroatoms. The molecule has 0 amide bonds. The van der Waals surface area contributed by atoms with Gasteiger partial charge in [-0.05, 0) is 42.7 Å². The van der Waals surface area contributed by atoms with Crippen molar-refractivity contribution in [2.24, 2.45) is 0 Å². The van der Waals surface area contributed by atoms with Crippen molar-refractivity contribution in [2.45, 2.75) is 25.3 Å². The Kier molecular flexibility index (Phi) is 4.19. The molecule has 23 heavy (non-hydrogen) atoms. The van der Waals surface area contributed by atoms with Crippen LogP contribution in [0.1, 0.15) is 30.0 Å². The summed E-state index contributed by atoms with van der Waals surface area (Å²) in [5.74, 6) is 1.69. The largest absolute Gasteiger partial charge is 0.353 e. The van der Waals surface area contributed by atoms with Crippen LogP contribution in [0.25, 0.3) is 0 Å². The normalized spacial score (nSPS) is 19.1. The molecular weight excluding hydrogens is 308 g/mol. The van der Waals surface area contributed by atoms with Crippen molar-refractivity contribution >= 4 is 17.4 Å². The van der Waals surface area contributed by atoms with E-state index in [0.717, 1.165) is 49.3 Å². The maximum Gasteiger partial charge on any atom is 0.151 e. The third-order valence-electron chi connectivity index (χ3n) is 4.68. The predicted molar refractivity (Wildman–Crippen MR) is 92.9 cm³/mol. The lowest BCUT2D eigenvalue weighted by Gasteiger charge is -2.35. The highest BCUT2D eigenvalue weighted by Crippen LogP contribution is 2.38. The summed E-state index contributed by atoms with van der Waals surface area (Å²) >= 11 is 5.94. The monoisotopic (exact) mass is 328 g/mol. The minimum absolute atomic E-state index is 0.674. The first kappa shape index (κ1) is 14.9. The smallest absolute Gasteiger partial charge is 0.151 e. The summed E-state index contributed by atoms with van der Waals surface area (Å²) in [5.41, 5.74) is 2.48. The number of nitrogens with zero attached hydrogens (tertiary/aromatic N) is 4. The van der Waals surface area contributed by atoms with E-state index in [2.05, 4.69) is 44.3 Å². The van der Waals surface area contributed by atoms with E-state index in [1.54, 1.807) is 0 Å². The Morgan fingerprint density at radius 1 is 0.913 bits per heavy atom. The van der Waals surface area contributed by atoms with Crippen LogP contribution in [0, 0.1) is 0 Å². The van der Waals surface area contributed by atoms with Gasteiger partial charge in [0.25, 0.3) is 0 Å². The minimum Gasteiger partial charge on any atom is -0.353 e. The van der Waals surface area contributed by atoms with E-state index in [9.17, 15) is 0 Å². The van der Waals surface area contributed by atoms with Gasteiger partial charge in [-0.3, -0.25) is 4.90 Å². The van der Waals surface area contributed by atoms with E-state index in [-0.39, 0.29) is 0 Å². The van der Waals surface area contributed by atoms with Crippen molar-refractivity contribution < 1.29 is 0 Å². The molecule has 0 bridgehead atoms. The highest BCUT2D eigenvalue weighted by molar-refractivity contribution is 6.30. The fraction of sp³-hybridized carbons (Fsp3) is 0.444. The lowest BCUT2D eigenvalue weighted by Crippen LogP contribution is -2.46. The molecule has 1 aliphatic heterocycles. The first-order valence-electron chi connectivity index (χ1n) is 8.33. The van der Waals surface area contributed by atoms with Crippen molar-refractivity contribution in [1.82, 2.24) is 15.1 Å². The van der Waals surface area contributed by atoms with Crippen molar-refractivity contribution in [3.05, 3.63) is 52.7 Å². The molecule has 2 aromatic rings. The lowest BCUT2D eigenvalue weighted by molar-refractivity contribution is 0.249. The van der Waals surface area contributed by atoms with E-state index in [0.29, 0.717) is 5.92 Å². The summed E-state index contributed by atoms with van der Waals surface area (Å²) in [6, 6.07) is 12.4. The molecule has 0 radical (unpaired) electrons. The van der Waals surface area contributed by atoms with Gasteiger partial charge < -0.3 is 4.90 Å². The van der Waals surface area contributed by atoms with Crippen LogP contribution in [-0.4, -0.2) is 41.3 Å². The topological polar surface area (TPSA) is 32.3 Å². The highest BCUT2D eigenvalue weighted by Gasteiger charge is 2.26. The summed E-state index contributed by atoms with van der Waals surface area (Å²) < 4.78 is 0. The fourth-order valence-corrected chi connectivity index (χ4v) is 3.21.